The monoisotopic (exact) mass is 180 g/mol. The zero-order valence-corrected chi connectivity index (χ0v) is 8.66. The van der Waals surface area contributed by atoms with Crippen LogP contribution >= 0.6 is 0 Å². The molecule has 0 aromatic rings. The Kier molecular flexibility index (Phi) is 2.23. The topological polar surface area (TPSA) is 20.2 Å². The van der Waals surface area contributed by atoms with Gasteiger partial charge in [-0.3, -0.25) is 0 Å². The van der Waals surface area contributed by atoms with Gasteiger partial charge in [0.05, 0.1) is 6.10 Å². The van der Waals surface area contributed by atoms with Crippen molar-refractivity contribution in [3.63, 3.8) is 0 Å². The van der Waals surface area contributed by atoms with Crippen LogP contribution in [0.4, 0.5) is 0 Å². The molecular weight excluding hydrogens is 160 g/mol. The summed E-state index contributed by atoms with van der Waals surface area (Å²) in [6, 6.07) is 0. The molecule has 5 unspecified atom stereocenters. The Bertz CT molecular complexity index is 221. The largest absolute Gasteiger partial charge is 0.393 e. The number of hydrogen-bond donors (Lipinski definition) is 1. The van der Waals surface area contributed by atoms with Crippen molar-refractivity contribution < 1.29 is 5.11 Å². The lowest BCUT2D eigenvalue weighted by atomic mass is 9.71. The fraction of sp³-hybridized carbons (Fsp3) is 0.833. The maximum atomic E-state index is 9.82. The molecule has 13 heavy (non-hydrogen) atoms. The quantitative estimate of drug-likeness (QED) is 0.568. The predicted molar refractivity (Wildman–Crippen MR) is 54.3 cm³/mol. The molecule has 2 rings (SSSR count). The van der Waals surface area contributed by atoms with Crippen LogP contribution in [0.25, 0.3) is 0 Å². The van der Waals surface area contributed by atoms with E-state index in [9.17, 15) is 5.11 Å². The SMILES string of the molecule is C=C1CC(O)C(C)C2CC(C)CC12. The molecular formula is C12H20O. The summed E-state index contributed by atoms with van der Waals surface area (Å²) in [5.74, 6) is 2.75. The molecule has 74 valence electrons. The van der Waals surface area contributed by atoms with Gasteiger partial charge < -0.3 is 5.11 Å². The number of hydrogen-bond acceptors (Lipinski definition) is 1. The molecule has 0 spiro atoms. The normalized spacial score (nSPS) is 50.7. The molecule has 1 N–H and O–H groups in total. The van der Waals surface area contributed by atoms with Gasteiger partial charge in [0.25, 0.3) is 0 Å². The summed E-state index contributed by atoms with van der Waals surface area (Å²) in [7, 11) is 0. The Labute approximate surface area is 80.8 Å². The Hall–Kier alpha value is -0.300. The molecule has 2 aliphatic rings. The summed E-state index contributed by atoms with van der Waals surface area (Å²) < 4.78 is 0. The number of aliphatic hydroxyl groups is 1. The number of aliphatic hydroxyl groups excluding tert-OH is 1. The van der Waals surface area contributed by atoms with Crippen LogP contribution in [-0.4, -0.2) is 11.2 Å². The first-order valence-corrected chi connectivity index (χ1v) is 5.45. The van der Waals surface area contributed by atoms with Crippen LogP contribution < -0.4 is 0 Å². The number of rotatable bonds is 0. The predicted octanol–water partition coefficient (Wildman–Crippen LogP) is 2.61. The molecule has 0 heterocycles. The average molecular weight is 180 g/mol. The van der Waals surface area contributed by atoms with Crippen molar-refractivity contribution in [3.05, 3.63) is 12.2 Å². The third kappa shape index (κ3) is 1.43. The summed E-state index contributed by atoms with van der Waals surface area (Å²) in [5.41, 5.74) is 1.31. The van der Waals surface area contributed by atoms with E-state index in [0.717, 1.165) is 12.3 Å². The molecule has 2 fully saturated rings. The molecule has 0 aromatic carbocycles. The minimum atomic E-state index is -0.126. The van der Waals surface area contributed by atoms with Crippen molar-refractivity contribution in [2.45, 2.75) is 39.2 Å². The minimum absolute atomic E-state index is 0.126. The summed E-state index contributed by atoms with van der Waals surface area (Å²) in [5, 5.41) is 9.82. The molecule has 1 heteroatoms. The summed E-state index contributed by atoms with van der Waals surface area (Å²) >= 11 is 0. The first kappa shape index (κ1) is 9.26. The average Bonchev–Trinajstić information content (AvgIpc) is 2.44. The Balaban J connectivity index is 2.18. The highest BCUT2D eigenvalue weighted by atomic mass is 16.3. The van der Waals surface area contributed by atoms with Gasteiger partial charge in [-0.25, -0.2) is 0 Å². The van der Waals surface area contributed by atoms with Crippen LogP contribution in [0.2, 0.25) is 0 Å². The second kappa shape index (κ2) is 3.13. The molecule has 2 saturated carbocycles. The highest BCUT2D eigenvalue weighted by Crippen LogP contribution is 2.49. The second-order valence-electron chi connectivity index (χ2n) is 5.14. The van der Waals surface area contributed by atoms with E-state index < -0.39 is 0 Å². The molecule has 0 radical (unpaired) electrons. The molecule has 5 atom stereocenters. The molecule has 0 aliphatic heterocycles. The zero-order chi connectivity index (χ0) is 9.59. The van der Waals surface area contributed by atoms with Gasteiger partial charge >= 0.3 is 0 Å². The van der Waals surface area contributed by atoms with Crippen molar-refractivity contribution in [2.75, 3.05) is 0 Å². The summed E-state index contributed by atoms with van der Waals surface area (Å²) in [6.45, 7) is 8.64. The lowest BCUT2D eigenvalue weighted by Crippen LogP contribution is -2.34. The zero-order valence-electron chi connectivity index (χ0n) is 8.66. The third-order valence-electron chi connectivity index (χ3n) is 4.13. The number of fused-ring (bicyclic) bond motifs is 1. The first-order chi connectivity index (χ1) is 6.09. The first-order valence-electron chi connectivity index (χ1n) is 5.45. The summed E-state index contributed by atoms with van der Waals surface area (Å²) in [4.78, 5) is 0. The van der Waals surface area contributed by atoms with Gasteiger partial charge in [0.2, 0.25) is 0 Å². The van der Waals surface area contributed by atoms with Crippen LogP contribution in [0.1, 0.15) is 33.1 Å². The van der Waals surface area contributed by atoms with Crippen LogP contribution in [0.3, 0.4) is 0 Å². The fourth-order valence-corrected chi connectivity index (χ4v) is 3.28. The molecule has 2 aliphatic carbocycles. The molecule has 1 nitrogen and oxygen atoms in total. The van der Waals surface area contributed by atoms with Crippen LogP contribution in [0, 0.1) is 23.7 Å². The van der Waals surface area contributed by atoms with E-state index >= 15 is 0 Å². The lowest BCUT2D eigenvalue weighted by Gasteiger charge is -2.37. The molecule has 0 aromatic heterocycles. The fourth-order valence-electron chi connectivity index (χ4n) is 3.28. The van der Waals surface area contributed by atoms with E-state index in [0.29, 0.717) is 17.8 Å². The van der Waals surface area contributed by atoms with Gasteiger partial charge in [-0.2, -0.15) is 0 Å². The Morgan fingerprint density at radius 3 is 2.69 bits per heavy atom. The smallest absolute Gasteiger partial charge is 0.0605 e. The lowest BCUT2D eigenvalue weighted by molar-refractivity contribution is 0.0492. The van der Waals surface area contributed by atoms with Crippen molar-refractivity contribution in [2.24, 2.45) is 23.7 Å². The van der Waals surface area contributed by atoms with Crippen molar-refractivity contribution in [1.29, 1.82) is 0 Å². The van der Waals surface area contributed by atoms with Crippen molar-refractivity contribution in [1.82, 2.24) is 0 Å². The minimum Gasteiger partial charge on any atom is -0.393 e. The molecule has 0 saturated heterocycles. The van der Waals surface area contributed by atoms with Crippen LogP contribution in [-0.2, 0) is 0 Å². The van der Waals surface area contributed by atoms with Gasteiger partial charge in [0.1, 0.15) is 0 Å². The molecule has 0 amide bonds. The maximum Gasteiger partial charge on any atom is 0.0605 e. The van der Waals surface area contributed by atoms with E-state index in [1.807, 2.05) is 0 Å². The van der Waals surface area contributed by atoms with Gasteiger partial charge in [-0.15, -0.1) is 0 Å². The van der Waals surface area contributed by atoms with E-state index in [-0.39, 0.29) is 6.10 Å². The van der Waals surface area contributed by atoms with Crippen molar-refractivity contribution >= 4 is 0 Å². The standard InChI is InChI=1S/C12H20O/c1-7-4-10-8(2)6-12(13)9(3)11(10)5-7/h7,9-13H,2,4-6H2,1,3H3. The van der Waals surface area contributed by atoms with E-state index in [1.165, 1.54) is 18.4 Å². The maximum absolute atomic E-state index is 9.82. The Morgan fingerprint density at radius 1 is 1.31 bits per heavy atom. The van der Waals surface area contributed by atoms with E-state index in [1.54, 1.807) is 0 Å². The summed E-state index contributed by atoms with van der Waals surface area (Å²) in [6.07, 6.45) is 3.32. The third-order valence-corrected chi connectivity index (χ3v) is 4.13. The van der Waals surface area contributed by atoms with Gasteiger partial charge in [-0.1, -0.05) is 26.0 Å². The highest BCUT2D eigenvalue weighted by molar-refractivity contribution is 5.13. The van der Waals surface area contributed by atoms with Gasteiger partial charge in [0, 0.05) is 0 Å². The Morgan fingerprint density at radius 2 is 2.00 bits per heavy atom. The molecule has 0 bridgehead atoms. The van der Waals surface area contributed by atoms with E-state index in [2.05, 4.69) is 20.4 Å². The highest BCUT2D eigenvalue weighted by Gasteiger charge is 2.42. The van der Waals surface area contributed by atoms with Gasteiger partial charge in [-0.05, 0) is 42.9 Å². The van der Waals surface area contributed by atoms with Crippen molar-refractivity contribution in [3.8, 4) is 0 Å². The second-order valence-corrected chi connectivity index (χ2v) is 5.14. The van der Waals surface area contributed by atoms with Crippen LogP contribution in [0.5, 0.6) is 0 Å². The van der Waals surface area contributed by atoms with Gasteiger partial charge in [0.15, 0.2) is 0 Å². The van der Waals surface area contributed by atoms with E-state index in [4.69, 9.17) is 0 Å². The van der Waals surface area contributed by atoms with Crippen LogP contribution in [0.15, 0.2) is 12.2 Å².